The van der Waals surface area contributed by atoms with Gasteiger partial charge in [-0.3, -0.25) is 20.2 Å². The fraction of sp³-hybridized carbons (Fsp3) is 0.550. The molecule has 0 aromatic carbocycles. The minimum atomic E-state index is -0.505. The van der Waals surface area contributed by atoms with Crippen molar-refractivity contribution in [3.05, 3.63) is 68.1 Å². The van der Waals surface area contributed by atoms with Crippen LogP contribution in [0, 0.1) is 20.2 Å². The van der Waals surface area contributed by atoms with Crippen LogP contribution in [0.5, 0.6) is 0 Å². The van der Waals surface area contributed by atoms with Gasteiger partial charge in [0.2, 0.25) is 11.4 Å². The first-order chi connectivity index (χ1) is 13.0. The summed E-state index contributed by atoms with van der Waals surface area (Å²) < 4.78 is 0. The Hall–Kier alpha value is -2.57. The van der Waals surface area contributed by atoms with Crippen LogP contribution in [0.15, 0.2) is 47.9 Å². The van der Waals surface area contributed by atoms with Crippen molar-refractivity contribution >= 4 is 6.29 Å². The zero-order valence-corrected chi connectivity index (χ0v) is 16.0. The highest BCUT2D eigenvalue weighted by Gasteiger charge is 2.12. The summed E-state index contributed by atoms with van der Waals surface area (Å²) in [6.07, 6.45) is 19.1. The Morgan fingerprint density at radius 2 is 1.37 bits per heavy atom. The standard InChI is InChI=1S/C20H30N2O5/c1-2-19(21(24)25)16-17-20(22(26)27)15-13-11-9-7-5-3-4-6-8-10-12-14-18-23/h3,5,9,11,15-16,18H,2,4,6-8,10,12-14,17H2,1H3/b5-3+,11-9+,19-16-,20-15-. The molecule has 7 nitrogen and oxygen atoms in total. The number of nitrogens with zero attached hydrogens (tertiary/aromatic N) is 2. The molecule has 0 bridgehead atoms. The molecule has 0 heterocycles. The minimum absolute atomic E-state index is 0.00725. The first-order valence-corrected chi connectivity index (χ1v) is 9.43. The lowest BCUT2D eigenvalue weighted by molar-refractivity contribution is -0.432. The number of unbranched alkanes of at least 4 members (excludes halogenated alkanes) is 5. The lowest BCUT2D eigenvalue weighted by Gasteiger charge is -1.96. The molecular weight excluding hydrogens is 348 g/mol. The van der Waals surface area contributed by atoms with E-state index in [2.05, 4.69) is 12.2 Å². The molecule has 0 N–H and O–H groups in total. The molecule has 0 rings (SSSR count). The van der Waals surface area contributed by atoms with Gasteiger partial charge in [0.1, 0.15) is 6.29 Å². The van der Waals surface area contributed by atoms with Gasteiger partial charge in [0.25, 0.3) is 0 Å². The fourth-order valence-electron chi connectivity index (χ4n) is 2.34. The molecule has 0 aromatic heterocycles. The Balaban J connectivity index is 4.13. The number of carbonyl (C=O) groups excluding carboxylic acids is 1. The van der Waals surface area contributed by atoms with E-state index in [1.807, 2.05) is 12.2 Å². The number of carbonyl (C=O) groups is 1. The SMILES string of the molecule is CC/C(=C/C/C(=C/C/C=C/C/C=C/CCCCCCC=O)[N+](=O)[O-])[N+](=O)[O-]. The van der Waals surface area contributed by atoms with E-state index < -0.39 is 9.85 Å². The fourth-order valence-corrected chi connectivity index (χ4v) is 2.34. The predicted octanol–water partition coefficient (Wildman–Crippen LogP) is 5.54. The lowest BCUT2D eigenvalue weighted by Crippen LogP contribution is -2.01. The van der Waals surface area contributed by atoms with E-state index in [1.165, 1.54) is 12.2 Å². The molecule has 0 aromatic rings. The Kier molecular flexibility index (Phi) is 15.3. The third kappa shape index (κ3) is 14.3. The van der Waals surface area contributed by atoms with Crippen molar-refractivity contribution in [1.82, 2.24) is 0 Å². The summed E-state index contributed by atoms with van der Waals surface area (Å²) in [5.74, 6) is 0. The smallest absolute Gasteiger partial charge is 0.246 e. The predicted molar refractivity (Wildman–Crippen MR) is 106 cm³/mol. The number of rotatable bonds is 16. The van der Waals surface area contributed by atoms with Crippen molar-refractivity contribution in [2.45, 2.75) is 71.1 Å². The molecule has 27 heavy (non-hydrogen) atoms. The van der Waals surface area contributed by atoms with Gasteiger partial charge in [-0.2, -0.15) is 0 Å². The van der Waals surface area contributed by atoms with Crippen molar-refractivity contribution in [2.24, 2.45) is 0 Å². The van der Waals surface area contributed by atoms with Crippen molar-refractivity contribution in [3.8, 4) is 0 Å². The van der Waals surface area contributed by atoms with Gasteiger partial charge in [0.15, 0.2) is 0 Å². The van der Waals surface area contributed by atoms with Gasteiger partial charge < -0.3 is 4.79 Å². The molecule has 0 atom stereocenters. The van der Waals surface area contributed by atoms with Crippen LogP contribution < -0.4 is 0 Å². The summed E-state index contributed by atoms with van der Waals surface area (Å²) in [5.41, 5.74) is -0.0373. The maximum absolute atomic E-state index is 11.0. The van der Waals surface area contributed by atoms with Crippen LogP contribution in [0.25, 0.3) is 0 Å². The Morgan fingerprint density at radius 1 is 0.778 bits per heavy atom. The highest BCUT2D eigenvalue weighted by molar-refractivity contribution is 5.48. The molecule has 0 aliphatic rings. The van der Waals surface area contributed by atoms with Crippen LogP contribution in [0.3, 0.4) is 0 Å². The zero-order valence-electron chi connectivity index (χ0n) is 16.0. The van der Waals surface area contributed by atoms with Crippen molar-refractivity contribution < 1.29 is 14.6 Å². The van der Waals surface area contributed by atoms with E-state index >= 15 is 0 Å². The van der Waals surface area contributed by atoms with E-state index in [4.69, 9.17) is 0 Å². The monoisotopic (exact) mass is 378 g/mol. The number of aldehydes is 1. The van der Waals surface area contributed by atoms with Crippen LogP contribution in [0.4, 0.5) is 0 Å². The molecule has 0 fully saturated rings. The van der Waals surface area contributed by atoms with Gasteiger partial charge in [-0.15, -0.1) is 0 Å². The van der Waals surface area contributed by atoms with Crippen LogP contribution in [0.2, 0.25) is 0 Å². The van der Waals surface area contributed by atoms with E-state index in [1.54, 1.807) is 6.92 Å². The molecule has 0 saturated carbocycles. The second kappa shape index (κ2) is 16.9. The van der Waals surface area contributed by atoms with Gasteiger partial charge in [-0.05, 0) is 44.3 Å². The lowest BCUT2D eigenvalue weighted by atomic mass is 10.1. The molecule has 0 aliphatic heterocycles. The van der Waals surface area contributed by atoms with Crippen LogP contribution >= 0.6 is 0 Å². The normalized spacial score (nSPS) is 12.8. The quantitative estimate of drug-likeness (QED) is 0.115. The topological polar surface area (TPSA) is 103 Å². The Labute approximate surface area is 160 Å². The van der Waals surface area contributed by atoms with E-state index in [-0.39, 0.29) is 24.2 Å². The maximum atomic E-state index is 11.0. The van der Waals surface area contributed by atoms with E-state index in [9.17, 15) is 25.0 Å². The first-order valence-electron chi connectivity index (χ1n) is 9.43. The summed E-state index contributed by atoms with van der Waals surface area (Å²) in [5, 5.41) is 21.7. The van der Waals surface area contributed by atoms with Crippen LogP contribution in [-0.4, -0.2) is 16.1 Å². The summed E-state index contributed by atoms with van der Waals surface area (Å²) in [6.45, 7) is 1.65. The molecule has 0 amide bonds. The summed E-state index contributed by atoms with van der Waals surface area (Å²) in [4.78, 5) is 30.9. The highest BCUT2D eigenvalue weighted by atomic mass is 16.6. The highest BCUT2D eigenvalue weighted by Crippen LogP contribution is 2.11. The molecule has 7 heteroatoms. The van der Waals surface area contributed by atoms with Crippen LogP contribution in [-0.2, 0) is 4.79 Å². The molecule has 0 spiro atoms. The Bertz CT molecular complexity index is 577. The average Bonchev–Trinajstić information content (AvgIpc) is 2.63. The van der Waals surface area contributed by atoms with Crippen molar-refractivity contribution in [3.63, 3.8) is 0 Å². The van der Waals surface area contributed by atoms with E-state index in [0.29, 0.717) is 12.8 Å². The Morgan fingerprint density at radius 3 is 1.96 bits per heavy atom. The summed E-state index contributed by atoms with van der Waals surface area (Å²) in [7, 11) is 0. The first kappa shape index (κ1) is 24.4. The van der Waals surface area contributed by atoms with Crippen molar-refractivity contribution in [2.75, 3.05) is 0 Å². The minimum Gasteiger partial charge on any atom is -0.303 e. The van der Waals surface area contributed by atoms with Crippen LogP contribution in [0.1, 0.15) is 71.1 Å². The molecule has 0 radical (unpaired) electrons. The molecule has 150 valence electrons. The van der Waals surface area contributed by atoms with Gasteiger partial charge in [0, 0.05) is 12.8 Å². The number of allylic oxidation sites excluding steroid dienone is 7. The van der Waals surface area contributed by atoms with Gasteiger partial charge >= 0.3 is 0 Å². The van der Waals surface area contributed by atoms with E-state index in [0.717, 1.165) is 44.8 Å². The molecule has 0 saturated heterocycles. The second-order valence-electron chi connectivity index (χ2n) is 6.04. The largest absolute Gasteiger partial charge is 0.303 e. The third-order valence-corrected chi connectivity index (χ3v) is 3.92. The number of hydrogen-bond donors (Lipinski definition) is 0. The third-order valence-electron chi connectivity index (χ3n) is 3.92. The summed E-state index contributed by atoms with van der Waals surface area (Å²) >= 11 is 0. The molecule has 0 unspecified atom stereocenters. The maximum Gasteiger partial charge on any atom is 0.246 e. The number of hydrogen-bond acceptors (Lipinski definition) is 5. The second-order valence-corrected chi connectivity index (χ2v) is 6.04. The van der Waals surface area contributed by atoms with Crippen molar-refractivity contribution in [1.29, 1.82) is 0 Å². The molecule has 0 aliphatic carbocycles. The molecular formula is C20H30N2O5. The number of nitro groups is 2. The average molecular weight is 378 g/mol. The van der Waals surface area contributed by atoms with Gasteiger partial charge in [-0.1, -0.05) is 44.1 Å². The summed E-state index contributed by atoms with van der Waals surface area (Å²) in [6, 6.07) is 0. The van der Waals surface area contributed by atoms with Gasteiger partial charge in [0.05, 0.1) is 16.3 Å². The zero-order chi connectivity index (χ0) is 20.3. The van der Waals surface area contributed by atoms with Gasteiger partial charge in [-0.25, -0.2) is 0 Å².